The van der Waals surface area contributed by atoms with Gasteiger partial charge in [-0.15, -0.1) is 0 Å². The van der Waals surface area contributed by atoms with Gasteiger partial charge in [-0.05, 0) is 22.4 Å². The minimum absolute atomic E-state index is 0.482. The lowest BCUT2D eigenvalue weighted by Crippen LogP contribution is -1.98. The molecule has 0 radical (unpaired) electrons. The van der Waals surface area contributed by atoms with Crippen LogP contribution >= 0.6 is 15.9 Å². The van der Waals surface area contributed by atoms with Crippen molar-refractivity contribution in [3.63, 3.8) is 0 Å². The lowest BCUT2D eigenvalue weighted by molar-refractivity contribution is 0.384. The normalized spacial score (nSPS) is 10.3. The number of aryl methyl sites for hydroxylation is 1. The van der Waals surface area contributed by atoms with E-state index in [1.807, 2.05) is 0 Å². The van der Waals surface area contributed by atoms with E-state index < -0.39 is 0 Å². The molecule has 0 saturated heterocycles. The molecule has 0 bridgehead atoms. The summed E-state index contributed by atoms with van der Waals surface area (Å²) in [6.07, 6.45) is 1.78. The largest absolute Gasteiger partial charge is 0.496 e. The van der Waals surface area contributed by atoms with Gasteiger partial charge in [-0.3, -0.25) is 0 Å². The van der Waals surface area contributed by atoms with Crippen LogP contribution in [-0.4, -0.2) is 24.2 Å². The lowest BCUT2D eigenvalue weighted by atomic mass is 10.3. The number of ether oxygens (including phenoxy) is 3. The van der Waals surface area contributed by atoms with Crippen molar-refractivity contribution in [2.75, 3.05) is 14.2 Å². The van der Waals surface area contributed by atoms with Gasteiger partial charge in [0, 0.05) is 30.7 Å². The fraction of sp³-hybridized carbons (Fsp3) is 0.333. The fourth-order valence-electron chi connectivity index (χ4n) is 1.79. The van der Waals surface area contributed by atoms with E-state index in [0.29, 0.717) is 27.7 Å². The van der Waals surface area contributed by atoms with Crippen molar-refractivity contribution >= 4 is 15.9 Å². The van der Waals surface area contributed by atoms with Crippen LogP contribution in [0.3, 0.4) is 0 Å². The third-order valence-corrected chi connectivity index (χ3v) is 3.14. The summed E-state index contributed by atoms with van der Waals surface area (Å²) in [6, 6.07) is 7.06. The summed E-state index contributed by atoms with van der Waals surface area (Å²) in [5.41, 5.74) is 0. The van der Waals surface area contributed by atoms with E-state index in [1.54, 1.807) is 38.5 Å². The molecular formula is C15H17BrN2O3. The maximum Gasteiger partial charge on any atom is 0.223 e. The van der Waals surface area contributed by atoms with E-state index in [1.165, 1.54) is 0 Å². The molecule has 2 rings (SSSR count). The molecule has 0 unspecified atom stereocenters. The van der Waals surface area contributed by atoms with Crippen LogP contribution in [0, 0.1) is 0 Å². The molecule has 2 aromatic rings. The Morgan fingerprint density at radius 3 is 2.14 bits per heavy atom. The molecule has 0 spiro atoms. The van der Waals surface area contributed by atoms with Crippen LogP contribution in [0.4, 0.5) is 0 Å². The first-order valence-corrected chi connectivity index (χ1v) is 7.38. The van der Waals surface area contributed by atoms with Crippen molar-refractivity contribution in [1.82, 2.24) is 9.97 Å². The zero-order chi connectivity index (χ0) is 15.2. The first-order chi connectivity index (χ1) is 10.1. The summed E-state index contributed by atoms with van der Waals surface area (Å²) in [5, 5.41) is 0. The van der Waals surface area contributed by atoms with Crippen molar-refractivity contribution in [2.24, 2.45) is 0 Å². The number of hydrogen-bond acceptors (Lipinski definition) is 5. The molecular weight excluding hydrogens is 336 g/mol. The van der Waals surface area contributed by atoms with Gasteiger partial charge in [0.1, 0.15) is 27.7 Å². The van der Waals surface area contributed by atoms with Gasteiger partial charge in [0.15, 0.2) is 0 Å². The number of nitrogens with zero attached hydrogens (tertiary/aromatic N) is 2. The van der Waals surface area contributed by atoms with Gasteiger partial charge in [0.2, 0.25) is 5.88 Å². The van der Waals surface area contributed by atoms with Crippen molar-refractivity contribution < 1.29 is 14.2 Å². The number of rotatable bonds is 6. The number of hydrogen-bond donors (Lipinski definition) is 0. The molecule has 0 aliphatic rings. The van der Waals surface area contributed by atoms with Crippen molar-refractivity contribution in [1.29, 1.82) is 0 Å². The highest BCUT2D eigenvalue weighted by molar-refractivity contribution is 9.10. The molecule has 0 atom stereocenters. The lowest BCUT2D eigenvalue weighted by Gasteiger charge is -2.10. The highest BCUT2D eigenvalue weighted by atomic mass is 79.9. The van der Waals surface area contributed by atoms with Crippen molar-refractivity contribution in [3.8, 4) is 23.1 Å². The van der Waals surface area contributed by atoms with Crippen LogP contribution in [0.25, 0.3) is 0 Å². The Morgan fingerprint density at radius 1 is 0.952 bits per heavy atom. The summed E-state index contributed by atoms with van der Waals surface area (Å²) in [5.74, 6) is 3.14. The third kappa shape index (κ3) is 4.32. The minimum Gasteiger partial charge on any atom is -0.496 e. The smallest absolute Gasteiger partial charge is 0.223 e. The van der Waals surface area contributed by atoms with Crippen molar-refractivity contribution in [3.05, 3.63) is 34.7 Å². The molecule has 112 valence electrons. The number of methoxy groups -OCH3 is 2. The first kappa shape index (κ1) is 15.6. The fourth-order valence-corrected chi connectivity index (χ4v) is 2.19. The zero-order valence-electron chi connectivity index (χ0n) is 12.2. The van der Waals surface area contributed by atoms with Crippen molar-refractivity contribution in [2.45, 2.75) is 19.8 Å². The van der Waals surface area contributed by atoms with Crippen LogP contribution in [0.2, 0.25) is 0 Å². The maximum absolute atomic E-state index is 5.79. The summed E-state index contributed by atoms with van der Waals surface area (Å²) in [4.78, 5) is 8.69. The van der Waals surface area contributed by atoms with E-state index in [2.05, 4.69) is 32.8 Å². The molecule has 0 amide bonds. The van der Waals surface area contributed by atoms with Crippen LogP contribution in [0.1, 0.15) is 19.2 Å². The Labute approximate surface area is 132 Å². The monoisotopic (exact) mass is 352 g/mol. The highest BCUT2D eigenvalue weighted by Crippen LogP contribution is 2.30. The zero-order valence-corrected chi connectivity index (χ0v) is 13.8. The average Bonchev–Trinajstić information content (AvgIpc) is 2.46. The highest BCUT2D eigenvalue weighted by Gasteiger charge is 2.08. The number of benzene rings is 1. The summed E-state index contributed by atoms with van der Waals surface area (Å²) >= 11 is 3.37. The third-order valence-electron chi connectivity index (χ3n) is 2.74. The molecule has 1 heterocycles. The second kappa shape index (κ2) is 7.26. The van der Waals surface area contributed by atoms with E-state index in [9.17, 15) is 0 Å². The molecule has 0 aliphatic carbocycles. The Kier molecular flexibility index (Phi) is 5.38. The molecule has 21 heavy (non-hydrogen) atoms. The molecule has 0 aliphatic heterocycles. The molecule has 1 aromatic heterocycles. The predicted molar refractivity (Wildman–Crippen MR) is 83.3 cm³/mol. The van der Waals surface area contributed by atoms with Crippen LogP contribution < -0.4 is 14.2 Å². The maximum atomic E-state index is 5.79. The molecule has 1 aromatic carbocycles. The van der Waals surface area contributed by atoms with Gasteiger partial charge >= 0.3 is 0 Å². The van der Waals surface area contributed by atoms with E-state index in [0.717, 1.165) is 18.7 Å². The van der Waals surface area contributed by atoms with Crippen LogP contribution in [-0.2, 0) is 6.42 Å². The van der Waals surface area contributed by atoms with Crippen LogP contribution in [0.5, 0.6) is 23.1 Å². The molecule has 0 fully saturated rings. The predicted octanol–water partition coefficient (Wildman–Crippen LogP) is 4.00. The Balaban J connectivity index is 2.28. The van der Waals surface area contributed by atoms with Gasteiger partial charge in [-0.25, -0.2) is 4.98 Å². The number of aromatic nitrogens is 2. The standard InChI is InChI=1S/C15H17BrN2O3/c1-4-5-14-17-13(16)9-15(18-14)21-12-7-10(19-2)6-11(8-12)20-3/h6-9H,4-5H2,1-3H3. The first-order valence-electron chi connectivity index (χ1n) is 6.59. The van der Waals surface area contributed by atoms with Gasteiger partial charge < -0.3 is 14.2 Å². The van der Waals surface area contributed by atoms with E-state index >= 15 is 0 Å². The Bertz CT molecular complexity index is 598. The second-order valence-corrected chi connectivity index (χ2v) is 5.16. The summed E-state index contributed by atoms with van der Waals surface area (Å²) in [7, 11) is 3.19. The minimum atomic E-state index is 0.482. The van der Waals surface area contributed by atoms with Gasteiger partial charge in [0.25, 0.3) is 0 Å². The van der Waals surface area contributed by atoms with Gasteiger partial charge in [-0.2, -0.15) is 4.98 Å². The Hall–Kier alpha value is -1.82. The van der Waals surface area contributed by atoms with E-state index in [4.69, 9.17) is 14.2 Å². The topological polar surface area (TPSA) is 53.5 Å². The molecule has 0 N–H and O–H groups in total. The van der Waals surface area contributed by atoms with Gasteiger partial charge in [0.05, 0.1) is 14.2 Å². The quantitative estimate of drug-likeness (QED) is 0.735. The molecule has 5 nitrogen and oxygen atoms in total. The van der Waals surface area contributed by atoms with Gasteiger partial charge in [-0.1, -0.05) is 6.92 Å². The summed E-state index contributed by atoms with van der Waals surface area (Å²) in [6.45, 7) is 2.08. The van der Waals surface area contributed by atoms with E-state index in [-0.39, 0.29) is 0 Å². The Morgan fingerprint density at radius 2 is 1.57 bits per heavy atom. The average molecular weight is 353 g/mol. The molecule has 0 saturated carbocycles. The number of halogens is 1. The molecule has 6 heteroatoms. The summed E-state index contributed by atoms with van der Waals surface area (Å²) < 4.78 is 16.9. The van der Waals surface area contributed by atoms with Crippen LogP contribution in [0.15, 0.2) is 28.9 Å². The SMILES string of the molecule is CCCc1nc(Br)cc(Oc2cc(OC)cc(OC)c2)n1. The second-order valence-electron chi connectivity index (χ2n) is 4.35.